The van der Waals surface area contributed by atoms with Gasteiger partial charge in [0.25, 0.3) is 0 Å². The lowest BCUT2D eigenvalue weighted by molar-refractivity contribution is 0.971. The topological polar surface area (TPSA) is 41.6 Å². The van der Waals surface area contributed by atoms with E-state index in [4.69, 9.17) is 12.2 Å². The summed E-state index contributed by atoms with van der Waals surface area (Å²) in [5, 5.41) is 0. The van der Waals surface area contributed by atoms with Crippen LogP contribution < -0.4 is 0 Å². The third kappa shape index (κ3) is 2.17. The Balaban J connectivity index is 2.15. The number of rotatable bonds is 2. The molecule has 0 bridgehead atoms. The molecular weight excluding hydrogens is 298 g/mol. The highest BCUT2D eigenvalue weighted by molar-refractivity contribution is 9.10. The fraction of sp³-hybridized carbons (Fsp3) is 0.250. The molecule has 0 spiro atoms. The zero-order chi connectivity index (χ0) is 11.8. The van der Waals surface area contributed by atoms with Crippen LogP contribution in [0.5, 0.6) is 0 Å². The molecule has 86 valence electrons. The zero-order valence-corrected chi connectivity index (χ0v) is 11.4. The number of nitrogens with zero attached hydrogens (tertiary/aromatic N) is 2. The molecule has 1 N–H and O–H groups in total. The normalized spacial score (nSPS) is 14.9. The highest BCUT2D eigenvalue weighted by atomic mass is 79.9. The Bertz CT molecular complexity index is 605. The second-order valence-corrected chi connectivity index (χ2v) is 5.31. The number of pyridine rings is 1. The van der Waals surface area contributed by atoms with Crippen LogP contribution in [-0.4, -0.2) is 15.0 Å². The Morgan fingerprint density at radius 3 is 2.88 bits per heavy atom. The van der Waals surface area contributed by atoms with Crippen molar-refractivity contribution in [3.63, 3.8) is 0 Å². The van der Waals surface area contributed by atoms with E-state index in [-0.39, 0.29) is 0 Å². The molecule has 0 aromatic carbocycles. The molecule has 1 aliphatic rings. The van der Waals surface area contributed by atoms with E-state index in [1.54, 1.807) is 12.4 Å². The molecule has 17 heavy (non-hydrogen) atoms. The van der Waals surface area contributed by atoms with Crippen molar-refractivity contribution in [2.75, 3.05) is 0 Å². The monoisotopic (exact) mass is 307 g/mol. The fourth-order valence-electron chi connectivity index (χ4n) is 1.77. The molecule has 0 unspecified atom stereocenters. The summed E-state index contributed by atoms with van der Waals surface area (Å²) >= 11 is 8.79. The molecule has 3 nitrogen and oxygen atoms in total. The Morgan fingerprint density at radius 2 is 2.24 bits per heavy atom. The van der Waals surface area contributed by atoms with Gasteiger partial charge in [-0.3, -0.25) is 4.98 Å². The van der Waals surface area contributed by atoms with Gasteiger partial charge in [-0.15, -0.1) is 0 Å². The molecule has 0 radical (unpaired) electrons. The lowest BCUT2D eigenvalue weighted by Gasteiger charge is -2.07. The molecule has 0 aliphatic heterocycles. The Kier molecular flexibility index (Phi) is 2.80. The van der Waals surface area contributed by atoms with Gasteiger partial charge in [-0.2, -0.15) is 0 Å². The quantitative estimate of drug-likeness (QED) is 0.857. The first-order valence-electron chi connectivity index (χ1n) is 5.46. The smallest absolute Gasteiger partial charge is 0.144 e. The van der Waals surface area contributed by atoms with Gasteiger partial charge in [0.2, 0.25) is 0 Å². The Morgan fingerprint density at radius 1 is 1.41 bits per heavy atom. The average molecular weight is 308 g/mol. The Hall–Kier alpha value is -1.07. The van der Waals surface area contributed by atoms with Crippen LogP contribution in [0, 0.1) is 4.64 Å². The number of aromatic nitrogens is 3. The van der Waals surface area contributed by atoms with E-state index in [0.29, 0.717) is 10.6 Å². The lowest BCUT2D eigenvalue weighted by atomic mass is 10.2. The van der Waals surface area contributed by atoms with Gasteiger partial charge >= 0.3 is 0 Å². The molecule has 2 aromatic rings. The fourth-order valence-corrected chi connectivity index (χ4v) is 2.48. The summed E-state index contributed by atoms with van der Waals surface area (Å²) in [5.74, 6) is 1.40. The van der Waals surface area contributed by atoms with Crippen LogP contribution in [0.4, 0.5) is 0 Å². The minimum atomic E-state index is 0.601. The highest BCUT2D eigenvalue weighted by Crippen LogP contribution is 2.42. The van der Waals surface area contributed by atoms with Gasteiger partial charge in [0.15, 0.2) is 0 Å². The summed E-state index contributed by atoms with van der Waals surface area (Å²) < 4.78 is 1.55. The number of halogens is 1. The molecule has 0 atom stereocenters. The largest absolute Gasteiger partial charge is 0.342 e. The van der Waals surface area contributed by atoms with E-state index in [1.807, 2.05) is 12.1 Å². The van der Waals surface area contributed by atoms with Crippen molar-refractivity contribution in [1.82, 2.24) is 15.0 Å². The lowest BCUT2D eigenvalue weighted by Crippen LogP contribution is -1.97. The van der Waals surface area contributed by atoms with Gasteiger partial charge in [0.05, 0.1) is 4.47 Å². The van der Waals surface area contributed by atoms with Crippen molar-refractivity contribution in [2.24, 2.45) is 0 Å². The van der Waals surface area contributed by atoms with Crippen LogP contribution in [0.1, 0.15) is 24.5 Å². The second-order valence-electron chi connectivity index (χ2n) is 4.13. The van der Waals surface area contributed by atoms with E-state index in [2.05, 4.69) is 30.9 Å². The van der Waals surface area contributed by atoms with Crippen LogP contribution in [0.15, 0.2) is 29.0 Å². The van der Waals surface area contributed by atoms with E-state index in [0.717, 1.165) is 15.9 Å². The molecule has 5 heteroatoms. The zero-order valence-electron chi connectivity index (χ0n) is 8.98. The summed E-state index contributed by atoms with van der Waals surface area (Å²) in [5.41, 5.74) is 2.14. The molecule has 1 aliphatic carbocycles. The number of aromatic amines is 1. The van der Waals surface area contributed by atoms with Gasteiger partial charge in [-0.05, 0) is 40.9 Å². The molecule has 2 aromatic heterocycles. The first-order chi connectivity index (χ1) is 8.25. The standard InChI is InChI=1S/C12H10BrN3S/c13-9-10(7-3-4-7)15-11(16-12(9)17)8-2-1-5-14-6-8/h1-2,5-7H,3-4H2,(H,15,16,17). The average Bonchev–Trinajstić information content (AvgIpc) is 3.18. The number of hydrogen-bond acceptors (Lipinski definition) is 3. The van der Waals surface area contributed by atoms with Crippen LogP contribution >= 0.6 is 28.1 Å². The molecule has 1 fully saturated rings. The maximum absolute atomic E-state index is 5.28. The first kappa shape index (κ1) is 11.0. The van der Waals surface area contributed by atoms with Gasteiger partial charge in [-0.1, -0.05) is 12.2 Å². The van der Waals surface area contributed by atoms with Gasteiger partial charge < -0.3 is 4.98 Å². The molecular formula is C12H10BrN3S. The predicted octanol–water partition coefficient (Wildman–Crippen LogP) is 3.84. The predicted molar refractivity (Wildman–Crippen MR) is 72.3 cm³/mol. The number of nitrogens with one attached hydrogen (secondary N) is 1. The molecule has 3 rings (SSSR count). The SMILES string of the molecule is S=c1nc(-c2cccnc2)[nH]c(C2CC2)c1Br. The van der Waals surface area contributed by atoms with Crippen molar-refractivity contribution in [3.05, 3.63) is 39.3 Å². The molecule has 0 saturated heterocycles. The summed E-state index contributed by atoms with van der Waals surface area (Å²) in [7, 11) is 0. The van der Waals surface area contributed by atoms with Crippen LogP contribution in [0.25, 0.3) is 11.4 Å². The first-order valence-corrected chi connectivity index (χ1v) is 6.66. The van der Waals surface area contributed by atoms with Crippen molar-refractivity contribution < 1.29 is 0 Å². The van der Waals surface area contributed by atoms with E-state index in [9.17, 15) is 0 Å². The van der Waals surface area contributed by atoms with Crippen molar-refractivity contribution >= 4 is 28.1 Å². The van der Waals surface area contributed by atoms with E-state index < -0.39 is 0 Å². The third-order valence-electron chi connectivity index (χ3n) is 2.81. The summed E-state index contributed by atoms with van der Waals surface area (Å²) in [6, 6.07) is 3.87. The van der Waals surface area contributed by atoms with E-state index >= 15 is 0 Å². The minimum Gasteiger partial charge on any atom is -0.342 e. The maximum atomic E-state index is 5.28. The number of H-pyrrole nitrogens is 1. The minimum absolute atomic E-state index is 0.601. The molecule has 2 heterocycles. The molecule has 1 saturated carbocycles. The van der Waals surface area contributed by atoms with Gasteiger partial charge in [-0.25, -0.2) is 4.98 Å². The highest BCUT2D eigenvalue weighted by Gasteiger charge is 2.27. The van der Waals surface area contributed by atoms with Crippen molar-refractivity contribution in [3.8, 4) is 11.4 Å². The summed E-state index contributed by atoms with van der Waals surface area (Å²) in [6.45, 7) is 0. The van der Waals surface area contributed by atoms with Crippen molar-refractivity contribution in [1.29, 1.82) is 0 Å². The van der Waals surface area contributed by atoms with Gasteiger partial charge in [0.1, 0.15) is 10.5 Å². The number of hydrogen-bond donors (Lipinski definition) is 1. The molecule has 0 amide bonds. The maximum Gasteiger partial charge on any atom is 0.144 e. The van der Waals surface area contributed by atoms with Crippen LogP contribution in [0.3, 0.4) is 0 Å². The third-order valence-corrected chi connectivity index (χ3v) is 4.17. The van der Waals surface area contributed by atoms with Gasteiger partial charge in [0, 0.05) is 29.6 Å². The Labute approximate surface area is 112 Å². The van der Waals surface area contributed by atoms with E-state index in [1.165, 1.54) is 18.5 Å². The summed E-state index contributed by atoms with van der Waals surface area (Å²) in [4.78, 5) is 11.9. The summed E-state index contributed by atoms with van der Waals surface area (Å²) in [6.07, 6.45) is 5.98. The van der Waals surface area contributed by atoms with Crippen LogP contribution in [-0.2, 0) is 0 Å². The van der Waals surface area contributed by atoms with Crippen molar-refractivity contribution in [2.45, 2.75) is 18.8 Å². The van der Waals surface area contributed by atoms with Crippen LogP contribution in [0.2, 0.25) is 0 Å². The second kappa shape index (κ2) is 4.31.